The molecule has 24 heavy (non-hydrogen) atoms. The molecule has 1 heterocycles. The van der Waals surface area contributed by atoms with E-state index in [1.807, 2.05) is 36.7 Å². The van der Waals surface area contributed by atoms with E-state index in [4.69, 9.17) is 9.47 Å². The van der Waals surface area contributed by atoms with E-state index in [0.717, 1.165) is 16.0 Å². The molecule has 0 bridgehead atoms. The number of aryl methyl sites for hydroxylation is 1. The maximum atomic E-state index is 12.4. The number of hydrogen-bond acceptors (Lipinski definition) is 4. The Morgan fingerprint density at radius 3 is 2.79 bits per heavy atom. The summed E-state index contributed by atoms with van der Waals surface area (Å²) in [6, 6.07) is 12.9. The highest BCUT2D eigenvalue weighted by molar-refractivity contribution is 7.16. The second kappa shape index (κ2) is 6.88. The first kappa shape index (κ1) is 16.3. The van der Waals surface area contributed by atoms with Gasteiger partial charge >= 0.3 is 0 Å². The lowest BCUT2D eigenvalue weighted by atomic mass is 10.2. The average Bonchev–Trinajstić information content (AvgIpc) is 2.90. The molecule has 3 rings (SSSR count). The molecule has 0 N–H and O–H groups in total. The molecule has 0 radical (unpaired) electrons. The van der Waals surface area contributed by atoms with Crippen LogP contribution in [0.15, 0.2) is 47.5 Å². The van der Waals surface area contributed by atoms with Crippen LogP contribution < -0.4 is 14.3 Å². The van der Waals surface area contributed by atoms with Gasteiger partial charge in [0.15, 0.2) is 4.80 Å². The Bertz CT molecular complexity index is 956. The van der Waals surface area contributed by atoms with Crippen molar-refractivity contribution in [3.8, 4) is 11.5 Å². The molecule has 3 aromatic rings. The fourth-order valence-electron chi connectivity index (χ4n) is 2.38. The minimum atomic E-state index is -0.291. The second-order valence-electron chi connectivity index (χ2n) is 5.16. The van der Waals surface area contributed by atoms with Crippen LogP contribution in [-0.4, -0.2) is 24.2 Å². The van der Waals surface area contributed by atoms with Crippen molar-refractivity contribution < 1.29 is 14.3 Å². The number of carbonyl (C=O) groups excluding carboxylic acids is 1. The van der Waals surface area contributed by atoms with Gasteiger partial charge in [0.25, 0.3) is 5.91 Å². The van der Waals surface area contributed by atoms with Gasteiger partial charge in [-0.2, -0.15) is 4.99 Å². The largest absolute Gasteiger partial charge is 0.497 e. The Kier molecular flexibility index (Phi) is 4.66. The van der Waals surface area contributed by atoms with Gasteiger partial charge in [0.1, 0.15) is 11.5 Å². The first-order valence-electron chi connectivity index (χ1n) is 7.58. The number of nitrogens with zero attached hydrogens (tertiary/aromatic N) is 2. The van der Waals surface area contributed by atoms with E-state index < -0.39 is 0 Å². The van der Waals surface area contributed by atoms with Gasteiger partial charge in [-0.3, -0.25) is 4.79 Å². The third kappa shape index (κ3) is 3.19. The summed E-state index contributed by atoms with van der Waals surface area (Å²) in [6.45, 7) is 2.57. The van der Waals surface area contributed by atoms with Crippen molar-refractivity contribution in [2.75, 3.05) is 13.7 Å². The molecule has 0 aliphatic heterocycles. The molecule has 0 aliphatic carbocycles. The van der Waals surface area contributed by atoms with E-state index in [0.29, 0.717) is 22.7 Å². The molecule has 5 nitrogen and oxygen atoms in total. The summed E-state index contributed by atoms with van der Waals surface area (Å²) in [5, 5.41) is 0. The molecule has 0 saturated carbocycles. The summed E-state index contributed by atoms with van der Waals surface area (Å²) in [6.07, 6.45) is 0. The lowest BCUT2D eigenvalue weighted by Crippen LogP contribution is -2.13. The molecular weight excluding hydrogens is 324 g/mol. The monoisotopic (exact) mass is 342 g/mol. The standard InChI is InChI=1S/C18H18N2O3S/c1-4-23-14-8-9-15-16(11-14)24-18(20(15)2)19-17(21)12-6-5-7-13(10-12)22-3/h5-11H,4H2,1-3H3. The Morgan fingerprint density at radius 2 is 2.04 bits per heavy atom. The molecule has 0 atom stereocenters. The van der Waals surface area contributed by atoms with Gasteiger partial charge in [-0.25, -0.2) is 0 Å². The zero-order chi connectivity index (χ0) is 17.1. The molecule has 0 aliphatic rings. The van der Waals surface area contributed by atoms with Gasteiger partial charge in [0, 0.05) is 12.6 Å². The lowest BCUT2D eigenvalue weighted by Gasteiger charge is -2.02. The number of thiazole rings is 1. The average molecular weight is 342 g/mol. The third-order valence-electron chi connectivity index (χ3n) is 3.61. The molecule has 0 unspecified atom stereocenters. The second-order valence-corrected chi connectivity index (χ2v) is 6.16. The Labute approximate surface area is 143 Å². The molecule has 6 heteroatoms. The van der Waals surface area contributed by atoms with Crippen LogP contribution in [0.5, 0.6) is 11.5 Å². The summed E-state index contributed by atoms with van der Waals surface area (Å²) in [5.41, 5.74) is 1.52. The summed E-state index contributed by atoms with van der Waals surface area (Å²) < 4.78 is 13.6. The topological polar surface area (TPSA) is 52.8 Å². The van der Waals surface area contributed by atoms with E-state index in [9.17, 15) is 4.79 Å². The van der Waals surface area contributed by atoms with Gasteiger partial charge in [0.2, 0.25) is 0 Å². The van der Waals surface area contributed by atoms with Crippen molar-refractivity contribution in [1.82, 2.24) is 4.57 Å². The Hall–Kier alpha value is -2.60. The number of benzene rings is 2. The first-order chi connectivity index (χ1) is 11.6. The van der Waals surface area contributed by atoms with Gasteiger partial charge in [-0.05, 0) is 43.3 Å². The summed E-state index contributed by atoms with van der Waals surface area (Å²) in [4.78, 5) is 17.3. The van der Waals surface area contributed by atoms with Gasteiger partial charge in [-0.1, -0.05) is 17.4 Å². The smallest absolute Gasteiger partial charge is 0.279 e. The van der Waals surface area contributed by atoms with Crippen molar-refractivity contribution in [3.63, 3.8) is 0 Å². The fourth-order valence-corrected chi connectivity index (χ4v) is 3.43. The molecule has 0 fully saturated rings. The maximum absolute atomic E-state index is 12.4. The predicted molar refractivity (Wildman–Crippen MR) is 94.9 cm³/mol. The van der Waals surface area contributed by atoms with Crippen LogP contribution in [0, 0.1) is 0 Å². The van der Waals surface area contributed by atoms with Crippen LogP contribution in [0.2, 0.25) is 0 Å². The number of amides is 1. The zero-order valence-electron chi connectivity index (χ0n) is 13.8. The van der Waals surface area contributed by atoms with Crippen LogP contribution in [-0.2, 0) is 7.05 Å². The molecular formula is C18H18N2O3S. The summed E-state index contributed by atoms with van der Waals surface area (Å²) in [7, 11) is 3.47. The minimum absolute atomic E-state index is 0.291. The van der Waals surface area contributed by atoms with Gasteiger partial charge in [0.05, 0.1) is 23.9 Å². The first-order valence-corrected chi connectivity index (χ1v) is 8.39. The number of ether oxygens (including phenoxy) is 2. The molecule has 1 aromatic heterocycles. The molecule has 1 amide bonds. The summed E-state index contributed by atoms with van der Waals surface area (Å²) >= 11 is 1.46. The van der Waals surface area contributed by atoms with Crippen molar-refractivity contribution in [2.24, 2.45) is 12.0 Å². The van der Waals surface area contributed by atoms with Crippen molar-refractivity contribution >= 4 is 27.5 Å². The quantitative estimate of drug-likeness (QED) is 0.730. The van der Waals surface area contributed by atoms with Gasteiger partial charge in [-0.15, -0.1) is 0 Å². The minimum Gasteiger partial charge on any atom is -0.497 e. The number of fused-ring (bicyclic) bond motifs is 1. The van der Waals surface area contributed by atoms with Gasteiger partial charge < -0.3 is 14.0 Å². The van der Waals surface area contributed by atoms with E-state index >= 15 is 0 Å². The van der Waals surface area contributed by atoms with Crippen LogP contribution in [0.1, 0.15) is 17.3 Å². The highest BCUT2D eigenvalue weighted by Crippen LogP contribution is 2.23. The molecule has 0 saturated heterocycles. The molecule has 124 valence electrons. The number of aromatic nitrogens is 1. The SMILES string of the molecule is CCOc1ccc2c(c1)sc(=NC(=O)c1cccc(OC)c1)n2C. The van der Waals surface area contributed by atoms with Crippen molar-refractivity contribution in [1.29, 1.82) is 0 Å². The van der Waals surface area contributed by atoms with E-state index in [2.05, 4.69) is 4.99 Å². The van der Waals surface area contributed by atoms with E-state index in [-0.39, 0.29) is 5.91 Å². The number of methoxy groups -OCH3 is 1. The van der Waals surface area contributed by atoms with Crippen molar-refractivity contribution in [2.45, 2.75) is 6.92 Å². The van der Waals surface area contributed by atoms with Crippen LogP contribution >= 0.6 is 11.3 Å². The molecule has 2 aromatic carbocycles. The predicted octanol–water partition coefficient (Wildman–Crippen LogP) is 3.39. The van der Waals surface area contributed by atoms with E-state index in [1.165, 1.54) is 11.3 Å². The van der Waals surface area contributed by atoms with Crippen LogP contribution in [0.4, 0.5) is 0 Å². The normalized spacial score (nSPS) is 11.7. The van der Waals surface area contributed by atoms with Crippen LogP contribution in [0.3, 0.4) is 0 Å². The highest BCUT2D eigenvalue weighted by Gasteiger charge is 2.09. The van der Waals surface area contributed by atoms with E-state index in [1.54, 1.807) is 31.4 Å². The lowest BCUT2D eigenvalue weighted by molar-refractivity contribution is 0.0997. The molecule has 0 spiro atoms. The Balaban J connectivity index is 2.02. The summed E-state index contributed by atoms with van der Waals surface area (Å²) in [5.74, 6) is 1.16. The Morgan fingerprint density at radius 1 is 1.21 bits per heavy atom. The van der Waals surface area contributed by atoms with Crippen LogP contribution in [0.25, 0.3) is 10.2 Å². The number of hydrogen-bond donors (Lipinski definition) is 0. The zero-order valence-corrected chi connectivity index (χ0v) is 14.6. The fraction of sp³-hybridized carbons (Fsp3) is 0.222. The third-order valence-corrected chi connectivity index (χ3v) is 4.70. The maximum Gasteiger partial charge on any atom is 0.279 e. The number of rotatable bonds is 4. The highest BCUT2D eigenvalue weighted by atomic mass is 32.1. The van der Waals surface area contributed by atoms with Crippen molar-refractivity contribution in [3.05, 3.63) is 52.8 Å². The number of carbonyl (C=O) groups is 1.